The summed E-state index contributed by atoms with van der Waals surface area (Å²) in [6, 6.07) is 4.88. The first-order valence-electron chi connectivity index (χ1n) is 7.74. The predicted molar refractivity (Wildman–Crippen MR) is 87.6 cm³/mol. The van der Waals surface area contributed by atoms with Crippen molar-refractivity contribution < 1.29 is 0 Å². The molecule has 20 heavy (non-hydrogen) atoms. The SMILES string of the molecule is CCc1cc(CCl)cc(N(C)C2CCC(C)(C)CC2)n1. The van der Waals surface area contributed by atoms with E-state index in [0.717, 1.165) is 17.9 Å². The molecule has 0 aliphatic heterocycles. The summed E-state index contributed by atoms with van der Waals surface area (Å²) in [5.74, 6) is 1.65. The topological polar surface area (TPSA) is 16.1 Å². The van der Waals surface area contributed by atoms with Crippen molar-refractivity contribution in [2.75, 3.05) is 11.9 Å². The van der Waals surface area contributed by atoms with Gasteiger partial charge in [0.05, 0.1) is 0 Å². The molecule has 2 rings (SSSR count). The van der Waals surface area contributed by atoms with Crippen molar-refractivity contribution in [2.45, 2.75) is 64.8 Å². The third kappa shape index (κ3) is 3.66. The first kappa shape index (κ1) is 15.6. The smallest absolute Gasteiger partial charge is 0.129 e. The Morgan fingerprint density at radius 3 is 2.50 bits per heavy atom. The van der Waals surface area contributed by atoms with Gasteiger partial charge >= 0.3 is 0 Å². The van der Waals surface area contributed by atoms with Crippen LogP contribution in [0.2, 0.25) is 0 Å². The van der Waals surface area contributed by atoms with Gasteiger partial charge in [0.2, 0.25) is 0 Å². The fraction of sp³-hybridized carbons (Fsp3) is 0.706. The van der Waals surface area contributed by atoms with Gasteiger partial charge in [-0.1, -0.05) is 20.8 Å². The summed E-state index contributed by atoms with van der Waals surface area (Å²) in [6.07, 6.45) is 6.09. The minimum atomic E-state index is 0.511. The van der Waals surface area contributed by atoms with Crippen molar-refractivity contribution in [1.29, 1.82) is 0 Å². The Morgan fingerprint density at radius 1 is 1.30 bits per heavy atom. The number of hydrogen-bond donors (Lipinski definition) is 0. The van der Waals surface area contributed by atoms with Gasteiger partial charge in [-0.3, -0.25) is 0 Å². The fourth-order valence-corrected chi connectivity index (χ4v) is 3.18. The Bertz CT molecular complexity index is 424. The summed E-state index contributed by atoms with van der Waals surface area (Å²) < 4.78 is 0. The molecule has 1 heterocycles. The summed E-state index contributed by atoms with van der Waals surface area (Å²) in [5, 5.41) is 0. The molecule has 0 N–H and O–H groups in total. The van der Waals surface area contributed by atoms with E-state index in [9.17, 15) is 0 Å². The van der Waals surface area contributed by atoms with E-state index < -0.39 is 0 Å². The van der Waals surface area contributed by atoms with Gasteiger partial charge in [-0.15, -0.1) is 11.6 Å². The molecule has 0 amide bonds. The number of halogens is 1. The van der Waals surface area contributed by atoms with E-state index in [-0.39, 0.29) is 0 Å². The molecule has 0 aromatic carbocycles. The van der Waals surface area contributed by atoms with Gasteiger partial charge in [-0.2, -0.15) is 0 Å². The maximum absolute atomic E-state index is 6.01. The van der Waals surface area contributed by atoms with E-state index in [2.05, 4.69) is 44.9 Å². The molecule has 1 aliphatic rings. The molecule has 2 nitrogen and oxygen atoms in total. The summed E-state index contributed by atoms with van der Waals surface area (Å²) in [6.45, 7) is 6.91. The molecular weight excluding hydrogens is 268 g/mol. The Balaban J connectivity index is 2.14. The summed E-state index contributed by atoms with van der Waals surface area (Å²) >= 11 is 6.01. The molecule has 112 valence electrons. The third-order valence-electron chi connectivity index (χ3n) is 4.66. The van der Waals surface area contributed by atoms with Gasteiger partial charge in [0.15, 0.2) is 0 Å². The molecule has 0 saturated heterocycles. The van der Waals surface area contributed by atoms with E-state index in [0.29, 0.717) is 17.3 Å². The summed E-state index contributed by atoms with van der Waals surface area (Å²) in [5.41, 5.74) is 2.83. The highest BCUT2D eigenvalue weighted by Crippen LogP contribution is 2.37. The van der Waals surface area contributed by atoms with Crippen LogP contribution >= 0.6 is 11.6 Å². The molecule has 0 spiro atoms. The molecule has 0 bridgehead atoms. The lowest BCUT2D eigenvalue weighted by Crippen LogP contribution is -2.37. The highest BCUT2D eigenvalue weighted by atomic mass is 35.5. The zero-order valence-corrected chi connectivity index (χ0v) is 14.0. The number of aryl methyl sites for hydroxylation is 1. The van der Waals surface area contributed by atoms with Crippen molar-refractivity contribution in [3.05, 3.63) is 23.4 Å². The molecule has 1 fully saturated rings. The van der Waals surface area contributed by atoms with Crippen molar-refractivity contribution in [3.8, 4) is 0 Å². The second-order valence-corrected chi connectivity index (χ2v) is 7.09. The third-order valence-corrected chi connectivity index (χ3v) is 4.97. The van der Waals surface area contributed by atoms with E-state index in [1.54, 1.807) is 0 Å². The van der Waals surface area contributed by atoms with Crippen LogP contribution in [-0.4, -0.2) is 18.1 Å². The van der Waals surface area contributed by atoms with Crippen LogP contribution in [0.5, 0.6) is 0 Å². The van der Waals surface area contributed by atoms with Crippen molar-refractivity contribution in [3.63, 3.8) is 0 Å². The lowest BCUT2D eigenvalue weighted by Gasteiger charge is -2.39. The fourth-order valence-electron chi connectivity index (χ4n) is 3.03. The molecule has 3 heteroatoms. The Hall–Kier alpha value is -0.760. The largest absolute Gasteiger partial charge is 0.357 e. The van der Waals surface area contributed by atoms with Crippen LogP contribution in [0.1, 0.15) is 57.7 Å². The molecule has 1 aromatic rings. The van der Waals surface area contributed by atoms with Crippen LogP contribution in [0, 0.1) is 5.41 Å². The van der Waals surface area contributed by atoms with Crippen LogP contribution in [0.3, 0.4) is 0 Å². The lowest BCUT2D eigenvalue weighted by molar-refractivity contribution is 0.222. The van der Waals surface area contributed by atoms with Gasteiger partial charge in [0.25, 0.3) is 0 Å². The van der Waals surface area contributed by atoms with Gasteiger partial charge in [-0.25, -0.2) is 4.98 Å². The first-order chi connectivity index (χ1) is 9.45. The average Bonchev–Trinajstić information content (AvgIpc) is 2.46. The highest BCUT2D eigenvalue weighted by molar-refractivity contribution is 6.17. The van der Waals surface area contributed by atoms with E-state index in [1.165, 1.54) is 31.2 Å². The Morgan fingerprint density at radius 2 is 1.95 bits per heavy atom. The maximum atomic E-state index is 6.01. The van der Waals surface area contributed by atoms with Crippen molar-refractivity contribution in [2.24, 2.45) is 5.41 Å². The van der Waals surface area contributed by atoms with Crippen molar-refractivity contribution in [1.82, 2.24) is 4.98 Å². The quantitative estimate of drug-likeness (QED) is 0.742. The Kier molecular flexibility index (Phi) is 4.95. The van der Waals surface area contributed by atoms with Gasteiger partial charge < -0.3 is 4.90 Å². The molecular formula is C17H27ClN2. The van der Waals surface area contributed by atoms with Crippen LogP contribution in [0.15, 0.2) is 12.1 Å². The molecule has 0 atom stereocenters. The van der Waals surface area contributed by atoms with Gasteiger partial charge in [0, 0.05) is 24.7 Å². The highest BCUT2D eigenvalue weighted by Gasteiger charge is 2.29. The lowest BCUT2D eigenvalue weighted by atomic mass is 9.75. The van der Waals surface area contributed by atoms with Crippen LogP contribution in [-0.2, 0) is 12.3 Å². The van der Waals surface area contributed by atoms with E-state index in [1.807, 2.05) is 0 Å². The predicted octanol–water partition coefficient (Wildman–Crippen LogP) is 4.79. The van der Waals surface area contributed by atoms with Crippen LogP contribution < -0.4 is 4.90 Å². The average molecular weight is 295 g/mol. The molecule has 0 unspecified atom stereocenters. The summed E-state index contributed by atoms with van der Waals surface area (Å²) in [7, 11) is 2.18. The van der Waals surface area contributed by atoms with Crippen LogP contribution in [0.4, 0.5) is 5.82 Å². The van der Waals surface area contributed by atoms with E-state index >= 15 is 0 Å². The van der Waals surface area contributed by atoms with Gasteiger partial charge in [0.1, 0.15) is 5.82 Å². The zero-order chi connectivity index (χ0) is 14.8. The number of alkyl halides is 1. The Labute approximate surface area is 128 Å². The monoisotopic (exact) mass is 294 g/mol. The minimum absolute atomic E-state index is 0.511. The second kappa shape index (κ2) is 6.34. The molecule has 1 aromatic heterocycles. The maximum Gasteiger partial charge on any atom is 0.129 e. The number of anilines is 1. The standard InChI is InChI=1S/C17H27ClN2/c1-5-14-10-13(12-18)11-16(19-14)20(4)15-6-8-17(2,3)9-7-15/h10-11,15H,5-9,12H2,1-4H3. The van der Waals surface area contributed by atoms with Crippen molar-refractivity contribution >= 4 is 17.4 Å². The molecule has 0 radical (unpaired) electrons. The molecule has 1 aliphatic carbocycles. The normalized spacial score (nSPS) is 19.1. The minimum Gasteiger partial charge on any atom is -0.357 e. The van der Waals surface area contributed by atoms with Gasteiger partial charge in [-0.05, 0) is 55.2 Å². The number of aromatic nitrogens is 1. The summed E-state index contributed by atoms with van der Waals surface area (Å²) in [4.78, 5) is 7.14. The number of nitrogens with zero attached hydrogens (tertiary/aromatic N) is 2. The number of pyridine rings is 1. The first-order valence-corrected chi connectivity index (χ1v) is 8.27. The van der Waals surface area contributed by atoms with Crippen LogP contribution in [0.25, 0.3) is 0 Å². The second-order valence-electron chi connectivity index (χ2n) is 6.82. The zero-order valence-electron chi connectivity index (χ0n) is 13.2. The van der Waals surface area contributed by atoms with E-state index in [4.69, 9.17) is 16.6 Å². The number of hydrogen-bond acceptors (Lipinski definition) is 2. The number of rotatable bonds is 4. The molecule has 1 saturated carbocycles.